The number of nitrogens with two attached hydrogens (primary N) is 1. The standard InChI is InChI=1S/C22H23N4O3/c1-22(2,3)29-19(27)14-28-17-9-5-8-16(12-17)21-25-20(15-6-4-7-15)18-13-24-10-11-26(18,21)23/h4-13H,14,23H2,1-3H3/q+1. The molecule has 0 bridgehead atoms. The Bertz CT molecular complexity index is 1050. The predicted octanol–water partition coefficient (Wildman–Crippen LogP) is 3.12. The fourth-order valence-electron chi connectivity index (χ4n) is 3.18. The molecule has 0 saturated heterocycles. The minimum atomic E-state index is -0.553. The molecule has 1 aromatic rings. The summed E-state index contributed by atoms with van der Waals surface area (Å²) in [5.74, 6) is 7.46. The normalized spacial score (nSPS) is 22.1. The summed E-state index contributed by atoms with van der Waals surface area (Å²) in [7, 11) is 0. The molecule has 148 valence electrons. The number of amidine groups is 1. The SMILES string of the molecule is CC(C)(C)OC(=O)COc1cccc(C2=NC(C3=CC=C3)=C3C=NC=C[N+]23N)c1. The topological polar surface area (TPSA) is 86.3 Å². The highest BCUT2D eigenvalue weighted by Crippen LogP contribution is 2.36. The first-order valence-electron chi connectivity index (χ1n) is 9.32. The Balaban J connectivity index is 1.58. The molecule has 0 radical (unpaired) electrons. The highest BCUT2D eigenvalue weighted by atomic mass is 16.6. The summed E-state index contributed by atoms with van der Waals surface area (Å²) in [6.07, 6.45) is 11.1. The van der Waals surface area contributed by atoms with Crippen molar-refractivity contribution in [3.05, 3.63) is 77.4 Å². The van der Waals surface area contributed by atoms with Crippen molar-refractivity contribution in [2.24, 2.45) is 15.8 Å². The first-order chi connectivity index (χ1) is 13.8. The molecule has 4 rings (SSSR count). The number of ether oxygens (including phenoxy) is 2. The highest BCUT2D eigenvalue weighted by molar-refractivity contribution is 6.01. The third kappa shape index (κ3) is 3.70. The van der Waals surface area contributed by atoms with Gasteiger partial charge in [0.05, 0.1) is 18.0 Å². The Kier molecular flexibility index (Phi) is 4.56. The van der Waals surface area contributed by atoms with Crippen LogP contribution in [0.2, 0.25) is 0 Å². The van der Waals surface area contributed by atoms with E-state index in [-0.39, 0.29) is 11.2 Å². The molecule has 1 aliphatic carbocycles. The van der Waals surface area contributed by atoms with E-state index in [1.165, 1.54) is 0 Å². The molecule has 0 fully saturated rings. The van der Waals surface area contributed by atoms with Gasteiger partial charge in [0, 0.05) is 5.57 Å². The van der Waals surface area contributed by atoms with Gasteiger partial charge in [-0.15, -0.1) is 4.59 Å². The molecule has 2 heterocycles. The maximum Gasteiger partial charge on any atom is 0.344 e. The van der Waals surface area contributed by atoms with E-state index in [0.717, 1.165) is 22.5 Å². The molecule has 1 unspecified atom stereocenters. The Hall–Kier alpha value is -3.29. The monoisotopic (exact) mass is 391 g/mol. The molecule has 0 saturated carbocycles. The van der Waals surface area contributed by atoms with E-state index >= 15 is 0 Å². The summed E-state index contributed by atoms with van der Waals surface area (Å²) in [5, 5.41) is 0. The molecule has 2 N–H and O–H groups in total. The summed E-state index contributed by atoms with van der Waals surface area (Å²) in [6, 6.07) is 7.36. The van der Waals surface area contributed by atoms with Crippen molar-refractivity contribution in [2.75, 3.05) is 6.61 Å². The molecule has 7 heteroatoms. The number of carbonyl (C=O) groups is 1. The minimum Gasteiger partial charge on any atom is -0.482 e. The number of rotatable bonds is 5. The van der Waals surface area contributed by atoms with Crippen LogP contribution in [-0.2, 0) is 9.53 Å². The second-order valence-electron chi connectivity index (χ2n) is 7.91. The third-order valence-corrected chi connectivity index (χ3v) is 4.49. The van der Waals surface area contributed by atoms with Crippen molar-refractivity contribution in [3.63, 3.8) is 0 Å². The van der Waals surface area contributed by atoms with Crippen molar-refractivity contribution in [1.29, 1.82) is 0 Å². The number of allylic oxidation sites excluding steroid dienone is 4. The van der Waals surface area contributed by atoms with E-state index in [4.69, 9.17) is 20.3 Å². The number of quaternary nitrogens is 1. The fraction of sp³-hybridized carbons (Fsp3) is 0.227. The molecular formula is C22H23N4O3+. The van der Waals surface area contributed by atoms with Gasteiger partial charge in [-0.25, -0.2) is 4.79 Å². The van der Waals surface area contributed by atoms with Crippen molar-refractivity contribution in [2.45, 2.75) is 26.4 Å². The zero-order valence-corrected chi connectivity index (χ0v) is 16.6. The molecule has 29 heavy (non-hydrogen) atoms. The van der Waals surface area contributed by atoms with Gasteiger partial charge in [-0.2, -0.15) is 10.8 Å². The first kappa shape index (κ1) is 19.0. The lowest BCUT2D eigenvalue weighted by molar-refractivity contribution is -0.750. The van der Waals surface area contributed by atoms with Crippen molar-refractivity contribution in [3.8, 4) is 5.75 Å². The van der Waals surface area contributed by atoms with Crippen LogP contribution in [0.5, 0.6) is 5.75 Å². The van der Waals surface area contributed by atoms with E-state index in [2.05, 4.69) is 4.99 Å². The summed E-state index contributed by atoms with van der Waals surface area (Å²) in [6.45, 7) is 5.28. The van der Waals surface area contributed by atoms with Gasteiger partial charge in [0.25, 0.3) is 5.84 Å². The summed E-state index contributed by atoms with van der Waals surface area (Å²) >= 11 is 0. The lowest BCUT2D eigenvalue weighted by Crippen LogP contribution is -2.53. The molecule has 1 aromatic carbocycles. The lowest BCUT2D eigenvalue weighted by atomic mass is 10.0. The smallest absolute Gasteiger partial charge is 0.344 e. The van der Waals surface area contributed by atoms with E-state index in [1.807, 2.05) is 57.2 Å². The molecule has 0 aromatic heterocycles. The van der Waals surface area contributed by atoms with Gasteiger partial charge < -0.3 is 9.47 Å². The van der Waals surface area contributed by atoms with Crippen molar-refractivity contribution >= 4 is 18.0 Å². The van der Waals surface area contributed by atoms with Crippen LogP contribution >= 0.6 is 0 Å². The number of esters is 1. The van der Waals surface area contributed by atoms with Gasteiger partial charge in [-0.3, -0.25) is 4.99 Å². The second-order valence-corrected chi connectivity index (χ2v) is 7.91. The first-order valence-corrected chi connectivity index (χ1v) is 9.32. The van der Waals surface area contributed by atoms with Crippen LogP contribution in [-0.4, -0.2) is 34.8 Å². The van der Waals surface area contributed by atoms with Crippen molar-refractivity contribution < 1.29 is 18.9 Å². The van der Waals surface area contributed by atoms with Gasteiger partial charge in [-0.05, 0) is 39.0 Å². The molecule has 2 aliphatic heterocycles. The zero-order valence-electron chi connectivity index (χ0n) is 16.6. The van der Waals surface area contributed by atoms with E-state index in [9.17, 15) is 4.79 Å². The fourth-order valence-corrected chi connectivity index (χ4v) is 3.18. The molecule has 0 amide bonds. The average Bonchev–Trinajstić information content (AvgIpc) is 2.90. The number of hydrogen-bond acceptors (Lipinski definition) is 6. The summed E-state index contributed by atoms with van der Waals surface area (Å²) in [4.78, 5) is 21.0. The third-order valence-electron chi connectivity index (χ3n) is 4.49. The summed E-state index contributed by atoms with van der Waals surface area (Å²) in [5.41, 5.74) is 2.87. The number of aliphatic imine (C=N–C) groups is 2. The van der Waals surface area contributed by atoms with Gasteiger partial charge in [0.1, 0.15) is 23.2 Å². The number of hydrogen-bond donors (Lipinski definition) is 1. The lowest BCUT2D eigenvalue weighted by Gasteiger charge is -2.26. The van der Waals surface area contributed by atoms with Gasteiger partial charge in [-0.1, -0.05) is 24.3 Å². The average molecular weight is 391 g/mol. The molecule has 3 aliphatic rings. The molecule has 0 spiro atoms. The van der Waals surface area contributed by atoms with Gasteiger partial charge in [0.15, 0.2) is 6.61 Å². The van der Waals surface area contributed by atoms with Gasteiger partial charge >= 0.3 is 5.97 Å². The maximum atomic E-state index is 11.9. The predicted molar refractivity (Wildman–Crippen MR) is 111 cm³/mol. The zero-order chi connectivity index (χ0) is 20.6. The largest absolute Gasteiger partial charge is 0.482 e. The molecule has 7 nitrogen and oxygen atoms in total. The minimum absolute atomic E-state index is 0.0699. The van der Waals surface area contributed by atoms with E-state index < -0.39 is 11.6 Å². The van der Waals surface area contributed by atoms with Crippen LogP contribution in [0.15, 0.2) is 81.8 Å². The Labute approximate surface area is 169 Å². The van der Waals surface area contributed by atoms with Crippen LogP contribution in [0.3, 0.4) is 0 Å². The Morgan fingerprint density at radius 1 is 1.28 bits per heavy atom. The van der Waals surface area contributed by atoms with Crippen LogP contribution in [0.1, 0.15) is 26.3 Å². The van der Waals surface area contributed by atoms with E-state index in [0.29, 0.717) is 11.6 Å². The van der Waals surface area contributed by atoms with Crippen LogP contribution in [0.25, 0.3) is 0 Å². The number of carbonyl (C=O) groups excluding carboxylic acids is 1. The Morgan fingerprint density at radius 3 is 2.76 bits per heavy atom. The molecule has 1 atom stereocenters. The quantitative estimate of drug-likeness (QED) is 0.475. The second kappa shape index (κ2) is 6.95. The number of benzene rings is 1. The number of nitrogens with zero attached hydrogens (tertiary/aromatic N) is 3. The van der Waals surface area contributed by atoms with E-state index in [1.54, 1.807) is 24.7 Å². The Morgan fingerprint density at radius 2 is 2.07 bits per heavy atom. The van der Waals surface area contributed by atoms with Crippen LogP contribution < -0.4 is 10.6 Å². The summed E-state index contributed by atoms with van der Waals surface area (Å²) < 4.78 is 10.8. The van der Waals surface area contributed by atoms with Crippen molar-refractivity contribution in [1.82, 2.24) is 0 Å². The van der Waals surface area contributed by atoms with Gasteiger partial charge in [0.2, 0.25) is 5.70 Å². The molecular weight excluding hydrogens is 368 g/mol. The maximum absolute atomic E-state index is 11.9. The van der Waals surface area contributed by atoms with Crippen LogP contribution in [0, 0.1) is 0 Å². The van der Waals surface area contributed by atoms with Crippen LogP contribution in [0.4, 0.5) is 0 Å². The highest BCUT2D eigenvalue weighted by Gasteiger charge is 2.44. The number of fused-ring (bicyclic) bond motifs is 1.